The van der Waals surface area contributed by atoms with Gasteiger partial charge in [-0.05, 0) is 17.0 Å². The average Bonchev–Trinajstić information content (AvgIpc) is 2.55. The zero-order chi connectivity index (χ0) is 11.7. The number of nitrogens with zero attached hydrogens (tertiary/aromatic N) is 1. The Morgan fingerprint density at radius 1 is 1.50 bits per heavy atom. The van der Waals surface area contributed by atoms with Gasteiger partial charge in [0.2, 0.25) is 5.91 Å². The molecule has 0 aromatic heterocycles. The fourth-order valence-electron chi connectivity index (χ4n) is 2.24. The van der Waals surface area contributed by atoms with E-state index in [1.807, 2.05) is 25.1 Å². The lowest BCUT2D eigenvalue weighted by Gasteiger charge is -2.18. The van der Waals surface area contributed by atoms with Crippen LogP contribution in [-0.2, 0) is 16.0 Å². The summed E-state index contributed by atoms with van der Waals surface area (Å²) in [4.78, 5) is 23.9. The largest absolute Gasteiger partial charge is 0.315 e. The zero-order valence-electron chi connectivity index (χ0n) is 9.56. The first-order chi connectivity index (χ1) is 7.65. The molecule has 0 saturated carbocycles. The second-order valence-electron chi connectivity index (χ2n) is 4.29. The van der Waals surface area contributed by atoms with Crippen LogP contribution in [0.1, 0.15) is 30.4 Å². The van der Waals surface area contributed by atoms with Crippen LogP contribution in [0, 0.1) is 0 Å². The van der Waals surface area contributed by atoms with E-state index in [9.17, 15) is 9.59 Å². The minimum absolute atomic E-state index is 0.126. The van der Waals surface area contributed by atoms with Crippen molar-refractivity contribution in [3.8, 4) is 0 Å². The molecule has 84 valence electrons. The maximum absolute atomic E-state index is 11.6. The molecule has 1 atom stereocenters. The first kappa shape index (κ1) is 10.9. The quantitative estimate of drug-likeness (QED) is 0.725. The van der Waals surface area contributed by atoms with Gasteiger partial charge in [-0.2, -0.15) is 0 Å². The number of likely N-dealkylation sites (N-methyl/N-ethyl adjacent to an activating group) is 1. The first-order valence-corrected chi connectivity index (χ1v) is 5.47. The van der Waals surface area contributed by atoms with E-state index in [1.165, 1.54) is 0 Å². The monoisotopic (exact) mass is 217 g/mol. The number of para-hydroxylation sites is 1. The van der Waals surface area contributed by atoms with Gasteiger partial charge in [0.15, 0.2) is 0 Å². The third-order valence-electron chi connectivity index (χ3n) is 3.18. The number of carbonyl (C=O) groups excluding carboxylic acids is 2. The van der Waals surface area contributed by atoms with Crippen LogP contribution in [0.15, 0.2) is 18.2 Å². The molecular weight excluding hydrogens is 202 g/mol. The summed E-state index contributed by atoms with van der Waals surface area (Å²) in [5.41, 5.74) is 3.17. The summed E-state index contributed by atoms with van der Waals surface area (Å²) in [6, 6.07) is 5.94. The smallest absolute Gasteiger partial charge is 0.231 e. The molecule has 0 saturated heterocycles. The van der Waals surface area contributed by atoms with Gasteiger partial charge in [-0.25, -0.2) is 0 Å². The molecule has 16 heavy (non-hydrogen) atoms. The van der Waals surface area contributed by atoms with Crippen LogP contribution < -0.4 is 4.90 Å². The summed E-state index contributed by atoms with van der Waals surface area (Å²) >= 11 is 0. The number of carbonyl (C=O) groups is 2. The summed E-state index contributed by atoms with van der Waals surface area (Å²) in [5.74, 6) is 0.293. The van der Waals surface area contributed by atoms with Gasteiger partial charge in [0.05, 0.1) is 12.1 Å². The average molecular weight is 217 g/mol. The Hall–Kier alpha value is -1.64. The number of hydrogen-bond acceptors (Lipinski definition) is 2. The number of fused-ring (bicyclic) bond motifs is 1. The van der Waals surface area contributed by atoms with Crippen molar-refractivity contribution in [1.82, 2.24) is 0 Å². The van der Waals surface area contributed by atoms with Crippen molar-refractivity contribution in [2.45, 2.75) is 25.7 Å². The third-order valence-corrected chi connectivity index (χ3v) is 3.18. The molecule has 1 unspecified atom stereocenters. The number of anilines is 1. The maximum Gasteiger partial charge on any atom is 0.231 e. The summed E-state index contributed by atoms with van der Waals surface area (Å²) in [6.07, 6.45) is 1.91. The lowest BCUT2D eigenvalue weighted by atomic mass is 9.94. The number of benzene rings is 1. The van der Waals surface area contributed by atoms with Gasteiger partial charge in [0.1, 0.15) is 6.29 Å². The highest BCUT2D eigenvalue weighted by Gasteiger charge is 2.27. The molecule has 1 aromatic carbocycles. The van der Waals surface area contributed by atoms with E-state index < -0.39 is 0 Å². The standard InChI is InChI=1S/C13H15NO2/c1-9(6-7-15)11-5-3-4-10-8-12(16)14(2)13(10)11/h3-5,7,9H,6,8H2,1-2H3. The summed E-state index contributed by atoms with van der Waals surface area (Å²) in [7, 11) is 1.80. The van der Waals surface area contributed by atoms with Gasteiger partial charge in [-0.15, -0.1) is 0 Å². The van der Waals surface area contributed by atoms with Crippen molar-refractivity contribution in [3.63, 3.8) is 0 Å². The Morgan fingerprint density at radius 3 is 2.94 bits per heavy atom. The molecule has 0 bridgehead atoms. The van der Waals surface area contributed by atoms with Gasteiger partial charge in [0, 0.05) is 13.5 Å². The highest BCUT2D eigenvalue weighted by Crippen LogP contribution is 2.36. The molecule has 0 radical (unpaired) electrons. The molecule has 0 fully saturated rings. The Balaban J connectivity index is 2.45. The number of hydrogen-bond donors (Lipinski definition) is 0. The van der Waals surface area contributed by atoms with Crippen LogP contribution >= 0.6 is 0 Å². The van der Waals surface area contributed by atoms with Crippen molar-refractivity contribution >= 4 is 17.9 Å². The molecule has 0 aliphatic carbocycles. The first-order valence-electron chi connectivity index (χ1n) is 5.47. The minimum Gasteiger partial charge on any atom is -0.315 e. The van der Waals surface area contributed by atoms with Crippen molar-refractivity contribution in [2.24, 2.45) is 0 Å². The van der Waals surface area contributed by atoms with Crippen LogP contribution in [0.5, 0.6) is 0 Å². The van der Waals surface area contributed by atoms with Crippen LogP contribution in [-0.4, -0.2) is 19.2 Å². The van der Waals surface area contributed by atoms with E-state index in [2.05, 4.69) is 0 Å². The lowest BCUT2D eigenvalue weighted by molar-refractivity contribution is -0.117. The molecule has 2 rings (SSSR count). The molecule has 1 aromatic rings. The van der Waals surface area contributed by atoms with Crippen LogP contribution in [0.25, 0.3) is 0 Å². The summed E-state index contributed by atoms with van der Waals surface area (Å²) in [6.45, 7) is 2.01. The Bertz CT molecular complexity index is 440. The van der Waals surface area contributed by atoms with Crippen molar-refractivity contribution in [3.05, 3.63) is 29.3 Å². The van der Waals surface area contributed by atoms with Crippen LogP contribution in [0.3, 0.4) is 0 Å². The fraction of sp³-hybridized carbons (Fsp3) is 0.385. The van der Waals surface area contributed by atoms with Gasteiger partial charge < -0.3 is 9.69 Å². The Morgan fingerprint density at radius 2 is 2.25 bits per heavy atom. The van der Waals surface area contributed by atoms with Gasteiger partial charge in [-0.3, -0.25) is 4.79 Å². The van der Waals surface area contributed by atoms with Crippen molar-refractivity contribution in [2.75, 3.05) is 11.9 Å². The molecule has 1 aliphatic rings. The molecule has 1 amide bonds. The number of aldehydes is 1. The van der Waals surface area contributed by atoms with Gasteiger partial charge in [-0.1, -0.05) is 25.1 Å². The highest BCUT2D eigenvalue weighted by molar-refractivity contribution is 6.02. The van der Waals surface area contributed by atoms with E-state index in [0.717, 1.165) is 23.1 Å². The second kappa shape index (κ2) is 4.08. The highest BCUT2D eigenvalue weighted by atomic mass is 16.2. The molecule has 1 aliphatic heterocycles. The van der Waals surface area contributed by atoms with Gasteiger partial charge in [0.25, 0.3) is 0 Å². The van der Waals surface area contributed by atoms with E-state index in [4.69, 9.17) is 0 Å². The predicted octanol–water partition coefficient (Wildman–Crippen LogP) is 1.90. The van der Waals surface area contributed by atoms with Crippen LogP contribution in [0.2, 0.25) is 0 Å². The second-order valence-corrected chi connectivity index (χ2v) is 4.29. The van der Waals surface area contributed by atoms with Crippen molar-refractivity contribution in [1.29, 1.82) is 0 Å². The molecule has 0 spiro atoms. The minimum atomic E-state index is 0.126. The number of amides is 1. The fourth-order valence-corrected chi connectivity index (χ4v) is 2.24. The molecular formula is C13H15NO2. The van der Waals surface area contributed by atoms with Crippen molar-refractivity contribution < 1.29 is 9.59 Å². The summed E-state index contributed by atoms with van der Waals surface area (Å²) in [5, 5.41) is 0. The Labute approximate surface area is 95.1 Å². The topological polar surface area (TPSA) is 37.4 Å². The zero-order valence-corrected chi connectivity index (χ0v) is 9.56. The third kappa shape index (κ3) is 1.62. The summed E-state index contributed by atoms with van der Waals surface area (Å²) < 4.78 is 0. The number of rotatable bonds is 3. The normalized spacial score (nSPS) is 16.1. The lowest BCUT2D eigenvalue weighted by Crippen LogP contribution is -2.22. The molecule has 3 heteroatoms. The molecule has 3 nitrogen and oxygen atoms in total. The van der Waals surface area contributed by atoms with E-state index in [0.29, 0.717) is 12.8 Å². The van der Waals surface area contributed by atoms with E-state index in [1.54, 1.807) is 11.9 Å². The molecule has 1 heterocycles. The SMILES string of the molecule is CC(CC=O)c1cccc2c1N(C)C(=O)C2. The molecule has 0 N–H and O–H groups in total. The Kier molecular flexibility index (Phi) is 2.77. The predicted molar refractivity (Wildman–Crippen MR) is 62.7 cm³/mol. The maximum atomic E-state index is 11.6. The van der Waals surface area contributed by atoms with E-state index >= 15 is 0 Å². The van der Waals surface area contributed by atoms with E-state index in [-0.39, 0.29) is 11.8 Å². The van der Waals surface area contributed by atoms with Gasteiger partial charge >= 0.3 is 0 Å². The van der Waals surface area contributed by atoms with Crippen LogP contribution in [0.4, 0.5) is 5.69 Å².